The number of H-pyrrole nitrogens is 1. The van der Waals surface area contributed by atoms with E-state index in [0.29, 0.717) is 10.1 Å². The summed E-state index contributed by atoms with van der Waals surface area (Å²) < 4.78 is 59.4. The van der Waals surface area contributed by atoms with Gasteiger partial charge in [-0.1, -0.05) is 12.1 Å². The van der Waals surface area contributed by atoms with E-state index >= 15 is 0 Å². The maximum atomic E-state index is 13.8. The van der Waals surface area contributed by atoms with Crippen LogP contribution in [0, 0.1) is 12.7 Å². The monoisotopic (exact) mass is 383 g/mol. The van der Waals surface area contributed by atoms with E-state index in [-0.39, 0.29) is 18.0 Å². The summed E-state index contributed by atoms with van der Waals surface area (Å²) in [6.45, 7) is 2.84. The van der Waals surface area contributed by atoms with Gasteiger partial charge in [0.2, 0.25) is 0 Å². The average molecular weight is 383 g/mol. The minimum absolute atomic E-state index is 0.139. The number of nitrogens with zero attached hydrogens (tertiary/aromatic N) is 2. The molecule has 0 aliphatic heterocycles. The highest BCUT2D eigenvalue weighted by Gasteiger charge is 2.41. The predicted molar refractivity (Wildman–Crippen MR) is 86.9 cm³/mol. The summed E-state index contributed by atoms with van der Waals surface area (Å²) in [5, 5.41) is 3.90. The summed E-state index contributed by atoms with van der Waals surface area (Å²) >= 11 is 0. The SMILES string of the molecule is CCOC(=O)c1cn2nc(-c3ccc(C)c(F)c3)[nH]c(=O)c2c1C(F)(F)F. The first-order chi connectivity index (χ1) is 12.6. The van der Waals surface area contributed by atoms with Crippen molar-refractivity contribution in [1.29, 1.82) is 0 Å². The maximum absolute atomic E-state index is 13.8. The Labute approximate surface area is 149 Å². The van der Waals surface area contributed by atoms with Crippen LogP contribution in [0.2, 0.25) is 0 Å². The van der Waals surface area contributed by atoms with E-state index < -0.39 is 40.2 Å². The number of alkyl halides is 3. The molecule has 3 rings (SSSR count). The van der Waals surface area contributed by atoms with E-state index in [1.165, 1.54) is 26.0 Å². The summed E-state index contributed by atoms with van der Waals surface area (Å²) in [6, 6.07) is 4.00. The number of hydrogen-bond donors (Lipinski definition) is 1. The van der Waals surface area contributed by atoms with Crippen LogP contribution < -0.4 is 5.56 Å². The number of rotatable bonds is 3. The van der Waals surface area contributed by atoms with Gasteiger partial charge in [0.25, 0.3) is 5.56 Å². The Bertz CT molecular complexity index is 1100. The van der Waals surface area contributed by atoms with Crippen molar-refractivity contribution >= 4 is 11.5 Å². The summed E-state index contributed by atoms with van der Waals surface area (Å²) in [4.78, 5) is 26.4. The summed E-state index contributed by atoms with van der Waals surface area (Å²) in [7, 11) is 0. The summed E-state index contributed by atoms with van der Waals surface area (Å²) in [5.41, 5.74) is -3.71. The van der Waals surface area contributed by atoms with Gasteiger partial charge in [0.05, 0.1) is 12.2 Å². The highest BCUT2D eigenvalue weighted by molar-refractivity contribution is 5.94. The zero-order valence-electron chi connectivity index (χ0n) is 14.1. The smallest absolute Gasteiger partial charge is 0.419 e. The molecule has 0 saturated carbocycles. The van der Waals surface area contributed by atoms with Crippen LogP contribution in [0.15, 0.2) is 29.2 Å². The molecule has 0 fully saturated rings. The molecule has 27 heavy (non-hydrogen) atoms. The van der Waals surface area contributed by atoms with Crippen molar-refractivity contribution in [2.24, 2.45) is 0 Å². The quantitative estimate of drug-likeness (QED) is 0.556. The number of aromatic amines is 1. The number of ether oxygens (including phenoxy) is 1. The predicted octanol–water partition coefficient (Wildman–Crippen LogP) is 3.33. The molecule has 0 atom stereocenters. The Kier molecular flexibility index (Phi) is 4.50. The van der Waals surface area contributed by atoms with Gasteiger partial charge in [-0.05, 0) is 25.5 Å². The Hall–Kier alpha value is -3.17. The average Bonchev–Trinajstić information content (AvgIpc) is 2.98. The minimum Gasteiger partial charge on any atom is -0.462 e. The molecule has 0 spiro atoms. The second kappa shape index (κ2) is 6.53. The lowest BCUT2D eigenvalue weighted by Gasteiger charge is -2.08. The van der Waals surface area contributed by atoms with Crippen LogP contribution in [0.25, 0.3) is 16.9 Å². The first-order valence-electron chi connectivity index (χ1n) is 7.80. The Morgan fingerprint density at radius 3 is 2.63 bits per heavy atom. The van der Waals surface area contributed by atoms with Crippen molar-refractivity contribution in [2.75, 3.05) is 6.61 Å². The summed E-state index contributed by atoms with van der Waals surface area (Å²) in [5.74, 6) is -1.94. The van der Waals surface area contributed by atoms with Crippen molar-refractivity contribution in [3.63, 3.8) is 0 Å². The second-order valence-corrected chi connectivity index (χ2v) is 5.70. The van der Waals surface area contributed by atoms with Crippen LogP contribution in [-0.2, 0) is 10.9 Å². The van der Waals surface area contributed by atoms with E-state index in [0.717, 1.165) is 12.3 Å². The van der Waals surface area contributed by atoms with Gasteiger partial charge >= 0.3 is 12.1 Å². The Morgan fingerprint density at radius 1 is 1.33 bits per heavy atom. The third-order valence-electron chi connectivity index (χ3n) is 3.87. The topological polar surface area (TPSA) is 76.5 Å². The molecule has 0 bridgehead atoms. The number of aromatic nitrogens is 3. The number of aryl methyl sites for hydroxylation is 1. The van der Waals surface area contributed by atoms with Gasteiger partial charge in [-0.25, -0.2) is 13.7 Å². The van der Waals surface area contributed by atoms with Crippen molar-refractivity contribution in [3.8, 4) is 11.4 Å². The molecule has 1 aromatic carbocycles. The highest BCUT2D eigenvalue weighted by atomic mass is 19.4. The first-order valence-corrected chi connectivity index (χ1v) is 7.80. The molecule has 1 N–H and O–H groups in total. The standard InChI is InChI=1S/C17H13F4N3O3/c1-3-27-16(26)10-7-24-13(12(10)17(19,20)21)15(25)22-14(23-24)9-5-4-8(2)11(18)6-9/h4-7H,3H2,1-2H3,(H,22,23,25). The van der Waals surface area contributed by atoms with Crippen molar-refractivity contribution in [2.45, 2.75) is 20.0 Å². The van der Waals surface area contributed by atoms with Crippen LogP contribution in [0.4, 0.5) is 17.6 Å². The Balaban J connectivity index is 2.28. The van der Waals surface area contributed by atoms with E-state index in [1.54, 1.807) is 0 Å². The minimum atomic E-state index is -4.98. The first kappa shape index (κ1) is 18.6. The van der Waals surface area contributed by atoms with Crippen LogP contribution in [-0.4, -0.2) is 27.2 Å². The van der Waals surface area contributed by atoms with Crippen LogP contribution >= 0.6 is 0 Å². The molecular weight excluding hydrogens is 370 g/mol. The van der Waals surface area contributed by atoms with Crippen LogP contribution in [0.5, 0.6) is 0 Å². The number of fused-ring (bicyclic) bond motifs is 1. The van der Waals surface area contributed by atoms with Gasteiger partial charge in [0, 0.05) is 11.8 Å². The molecule has 3 aromatic rings. The molecule has 10 heteroatoms. The van der Waals surface area contributed by atoms with E-state index in [4.69, 9.17) is 0 Å². The molecule has 0 aliphatic carbocycles. The van der Waals surface area contributed by atoms with Crippen LogP contribution in [0.3, 0.4) is 0 Å². The largest absolute Gasteiger partial charge is 0.462 e. The van der Waals surface area contributed by atoms with Gasteiger partial charge in [-0.3, -0.25) is 4.79 Å². The zero-order valence-corrected chi connectivity index (χ0v) is 14.1. The van der Waals surface area contributed by atoms with Crippen LogP contribution in [0.1, 0.15) is 28.4 Å². The number of nitrogens with one attached hydrogen (secondary N) is 1. The molecule has 2 aromatic heterocycles. The fourth-order valence-corrected chi connectivity index (χ4v) is 2.61. The fourth-order valence-electron chi connectivity index (χ4n) is 2.61. The van der Waals surface area contributed by atoms with E-state index in [9.17, 15) is 27.2 Å². The molecule has 0 saturated heterocycles. The number of halogens is 4. The van der Waals surface area contributed by atoms with Gasteiger partial charge in [-0.15, -0.1) is 5.10 Å². The number of carbonyl (C=O) groups excluding carboxylic acids is 1. The molecule has 0 unspecified atom stereocenters. The molecule has 0 aliphatic rings. The Morgan fingerprint density at radius 2 is 2.04 bits per heavy atom. The molecule has 0 amide bonds. The highest BCUT2D eigenvalue weighted by Crippen LogP contribution is 2.35. The molecule has 2 heterocycles. The second-order valence-electron chi connectivity index (χ2n) is 5.70. The van der Waals surface area contributed by atoms with E-state index in [1.807, 2.05) is 0 Å². The van der Waals surface area contributed by atoms with Gasteiger partial charge in [0.1, 0.15) is 16.9 Å². The molecule has 142 valence electrons. The number of hydrogen-bond acceptors (Lipinski definition) is 4. The number of esters is 1. The third-order valence-corrected chi connectivity index (χ3v) is 3.87. The zero-order chi connectivity index (χ0) is 19.9. The fraction of sp³-hybridized carbons (Fsp3) is 0.235. The maximum Gasteiger partial charge on any atom is 0.419 e. The molecular formula is C17H13F4N3O3. The third kappa shape index (κ3) is 3.29. The lowest BCUT2D eigenvalue weighted by molar-refractivity contribution is -0.136. The van der Waals surface area contributed by atoms with E-state index in [2.05, 4.69) is 14.8 Å². The van der Waals surface area contributed by atoms with Crippen molar-refractivity contribution in [3.05, 3.63) is 57.3 Å². The van der Waals surface area contributed by atoms with Gasteiger partial charge in [0.15, 0.2) is 5.82 Å². The van der Waals surface area contributed by atoms with Crippen molar-refractivity contribution in [1.82, 2.24) is 14.6 Å². The molecule has 0 radical (unpaired) electrons. The van der Waals surface area contributed by atoms with Gasteiger partial charge in [-0.2, -0.15) is 13.2 Å². The number of benzene rings is 1. The number of carbonyl (C=O) groups is 1. The van der Waals surface area contributed by atoms with Crippen molar-refractivity contribution < 1.29 is 27.1 Å². The van der Waals surface area contributed by atoms with Gasteiger partial charge < -0.3 is 9.72 Å². The summed E-state index contributed by atoms with van der Waals surface area (Å²) in [6.07, 6.45) is -4.21. The lowest BCUT2D eigenvalue weighted by Crippen LogP contribution is -2.19. The lowest BCUT2D eigenvalue weighted by atomic mass is 10.1. The normalized spacial score (nSPS) is 11.8. The molecule has 6 nitrogen and oxygen atoms in total.